The minimum Gasteiger partial charge on any atom is -0.465 e. The van der Waals surface area contributed by atoms with E-state index in [1.165, 1.54) is 13.3 Å². The molecule has 7 nitrogen and oxygen atoms in total. The van der Waals surface area contributed by atoms with Crippen LogP contribution in [0, 0.1) is 11.3 Å². The highest BCUT2D eigenvalue weighted by molar-refractivity contribution is 5.94. The molecular weight excluding hydrogens is 286 g/mol. The minimum atomic E-state index is -0.718. The van der Waals surface area contributed by atoms with Crippen LogP contribution in [0.4, 0.5) is 5.69 Å². The highest BCUT2D eigenvalue weighted by Crippen LogP contribution is 2.10. The number of methoxy groups -OCH3 is 2. The second-order valence-electron chi connectivity index (χ2n) is 4.13. The van der Waals surface area contributed by atoms with Gasteiger partial charge in [0.25, 0.3) is 5.91 Å². The summed E-state index contributed by atoms with van der Waals surface area (Å²) < 4.78 is 9.30. The fourth-order valence-corrected chi connectivity index (χ4v) is 1.49. The van der Waals surface area contributed by atoms with Crippen LogP contribution < -0.4 is 10.6 Å². The Morgan fingerprint density at radius 1 is 1.27 bits per heavy atom. The smallest absolute Gasteiger partial charge is 0.350 e. The number of benzene rings is 1. The largest absolute Gasteiger partial charge is 0.465 e. The lowest BCUT2D eigenvalue weighted by molar-refractivity contribution is -0.135. The van der Waals surface area contributed by atoms with Crippen molar-refractivity contribution in [2.24, 2.45) is 0 Å². The Bertz CT molecular complexity index is 588. The Morgan fingerprint density at radius 3 is 2.50 bits per heavy atom. The van der Waals surface area contributed by atoms with Crippen LogP contribution in [0.25, 0.3) is 0 Å². The molecule has 1 amide bonds. The first-order chi connectivity index (χ1) is 10.6. The second-order valence-corrected chi connectivity index (χ2v) is 4.13. The van der Waals surface area contributed by atoms with Crippen molar-refractivity contribution in [3.63, 3.8) is 0 Å². The van der Waals surface area contributed by atoms with E-state index < -0.39 is 5.97 Å². The standard InChI is InChI=1S/C15H17N3O4/c1-21-8-7-17-14(19)11-3-5-13(6-4-11)18-10-12(9-16)15(20)22-2/h3-6,10,18H,7-8H2,1-2H3,(H,17,19)/b12-10-. The maximum Gasteiger partial charge on any atom is 0.350 e. The highest BCUT2D eigenvalue weighted by Gasteiger charge is 2.08. The molecular formula is C15H17N3O4. The van der Waals surface area contributed by atoms with E-state index in [-0.39, 0.29) is 11.5 Å². The van der Waals surface area contributed by atoms with Gasteiger partial charge in [0.15, 0.2) is 5.57 Å². The molecule has 0 saturated carbocycles. The number of rotatable bonds is 7. The normalized spacial score (nSPS) is 10.5. The van der Waals surface area contributed by atoms with E-state index in [1.54, 1.807) is 37.4 Å². The lowest BCUT2D eigenvalue weighted by atomic mass is 10.2. The van der Waals surface area contributed by atoms with Gasteiger partial charge >= 0.3 is 5.97 Å². The van der Waals surface area contributed by atoms with Crippen LogP contribution >= 0.6 is 0 Å². The number of amides is 1. The SMILES string of the molecule is COCCNC(=O)c1ccc(N/C=C(/C#N)C(=O)OC)cc1. The van der Waals surface area contributed by atoms with E-state index in [1.807, 2.05) is 0 Å². The summed E-state index contributed by atoms with van der Waals surface area (Å²) in [5.74, 6) is -0.921. The molecule has 0 unspecified atom stereocenters. The van der Waals surface area contributed by atoms with Crippen LogP contribution in [-0.4, -0.2) is 39.2 Å². The first-order valence-electron chi connectivity index (χ1n) is 6.44. The van der Waals surface area contributed by atoms with E-state index in [2.05, 4.69) is 15.4 Å². The molecule has 0 fully saturated rings. The quantitative estimate of drug-likeness (QED) is 0.338. The number of esters is 1. The minimum absolute atomic E-state index is 0.149. The lowest BCUT2D eigenvalue weighted by Crippen LogP contribution is -2.26. The molecule has 0 radical (unpaired) electrons. The number of carbonyl (C=O) groups excluding carboxylic acids is 2. The van der Waals surface area contributed by atoms with Crippen molar-refractivity contribution < 1.29 is 19.1 Å². The lowest BCUT2D eigenvalue weighted by Gasteiger charge is -2.06. The molecule has 0 aliphatic carbocycles. The molecule has 22 heavy (non-hydrogen) atoms. The van der Waals surface area contributed by atoms with Gasteiger partial charge in [0.1, 0.15) is 6.07 Å². The van der Waals surface area contributed by atoms with Gasteiger partial charge in [0, 0.05) is 31.1 Å². The molecule has 0 heterocycles. The molecule has 0 saturated heterocycles. The molecule has 0 atom stereocenters. The van der Waals surface area contributed by atoms with Crippen LogP contribution in [-0.2, 0) is 14.3 Å². The maximum absolute atomic E-state index is 11.8. The number of ether oxygens (including phenoxy) is 2. The van der Waals surface area contributed by atoms with Crippen molar-refractivity contribution in [3.05, 3.63) is 41.6 Å². The second kappa shape index (κ2) is 9.15. The summed E-state index contributed by atoms with van der Waals surface area (Å²) in [7, 11) is 2.76. The fourth-order valence-electron chi connectivity index (χ4n) is 1.49. The molecule has 7 heteroatoms. The molecule has 1 aromatic rings. The van der Waals surface area contributed by atoms with Crippen molar-refractivity contribution in [2.45, 2.75) is 0 Å². The van der Waals surface area contributed by atoms with Crippen LogP contribution in [0.3, 0.4) is 0 Å². The molecule has 116 valence electrons. The predicted molar refractivity (Wildman–Crippen MR) is 80.0 cm³/mol. The van der Waals surface area contributed by atoms with Crippen LogP contribution in [0.5, 0.6) is 0 Å². The van der Waals surface area contributed by atoms with Gasteiger partial charge < -0.3 is 20.1 Å². The summed E-state index contributed by atoms with van der Waals surface area (Å²) in [6, 6.07) is 8.31. The van der Waals surface area contributed by atoms with Gasteiger partial charge in [-0.05, 0) is 24.3 Å². The number of anilines is 1. The Morgan fingerprint density at radius 2 is 1.95 bits per heavy atom. The van der Waals surface area contributed by atoms with Gasteiger partial charge in [0.2, 0.25) is 0 Å². The number of hydrogen-bond acceptors (Lipinski definition) is 6. The monoisotopic (exact) mass is 303 g/mol. The Labute approximate surface area is 128 Å². The van der Waals surface area contributed by atoms with Crippen molar-refractivity contribution in [1.82, 2.24) is 5.32 Å². The summed E-state index contributed by atoms with van der Waals surface area (Å²) in [5.41, 5.74) is 0.980. The highest BCUT2D eigenvalue weighted by atomic mass is 16.5. The Kier molecular flexibility index (Phi) is 7.16. The average molecular weight is 303 g/mol. The first kappa shape index (κ1) is 17.2. The van der Waals surface area contributed by atoms with Crippen LogP contribution in [0.1, 0.15) is 10.4 Å². The van der Waals surface area contributed by atoms with Gasteiger partial charge in [-0.25, -0.2) is 4.79 Å². The predicted octanol–water partition coefficient (Wildman–Crippen LogP) is 1.06. The summed E-state index contributed by atoms with van der Waals surface area (Å²) >= 11 is 0. The van der Waals surface area contributed by atoms with E-state index in [0.29, 0.717) is 24.4 Å². The Hall–Kier alpha value is -2.85. The van der Waals surface area contributed by atoms with Gasteiger partial charge in [0.05, 0.1) is 13.7 Å². The van der Waals surface area contributed by atoms with E-state index in [0.717, 1.165) is 0 Å². The van der Waals surface area contributed by atoms with Crippen molar-refractivity contribution in [2.75, 3.05) is 32.7 Å². The fraction of sp³-hybridized carbons (Fsp3) is 0.267. The average Bonchev–Trinajstić information content (AvgIpc) is 2.55. The van der Waals surface area contributed by atoms with Gasteiger partial charge in [-0.1, -0.05) is 0 Å². The number of hydrogen-bond donors (Lipinski definition) is 2. The molecule has 0 aromatic heterocycles. The summed E-state index contributed by atoms with van der Waals surface area (Å²) in [5, 5.41) is 14.3. The van der Waals surface area contributed by atoms with E-state index in [4.69, 9.17) is 10.00 Å². The molecule has 0 aliphatic heterocycles. The summed E-state index contributed by atoms with van der Waals surface area (Å²) in [6.07, 6.45) is 1.25. The van der Waals surface area contributed by atoms with Crippen molar-refractivity contribution in [3.8, 4) is 6.07 Å². The number of nitrogens with one attached hydrogen (secondary N) is 2. The maximum atomic E-state index is 11.8. The topological polar surface area (TPSA) is 100 Å². The first-order valence-corrected chi connectivity index (χ1v) is 6.44. The van der Waals surface area contributed by atoms with Crippen LogP contribution in [0.15, 0.2) is 36.0 Å². The number of nitriles is 1. The third-order valence-electron chi connectivity index (χ3n) is 2.65. The third-order valence-corrected chi connectivity index (χ3v) is 2.65. The third kappa shape index (κ3) is 5.26. The van der Waals surface area contributed by atoms with Gasteiger partial charge in [-0.15, -0.1) is 0 Å². The summed E-state index contributed by atoms with van der Waals surface area (Å²) in [4.78, 5) is 23.0. The zero-order chi connectivity index (χ0) is 16.4. The van der Waals surface area contributed by atoms with Crippen LogP contribution in [0.2, 0.25) is 0 Å². The number of nitrogens with zero attached hydrogens (tertiary/aromatic N) is 1. The molecule has 0 aliphatic rings. The van der Waals surface area contributed by atoms with E-state index in [9.17, 15) is 9.59 Å². The van der Waals surface area contributed by atoms with Gasteiger partial charge in [-0.3, -0.25) is 4.79 Å². The summed E-state index contributed by atoms with van der Waals surface area (Å²) in [6.45, 7) is 0.878. The zero-order valence-corrected chi connectivity index (χ0v) is 12.4. The number of carbonyl (C=O) groups is 2. The molecule has 2 N–H and O–H groups in total. The Balaban J connectivity index is 2.65. The van der Waals surface area contributed by atoms with Gasteiger partial charge in [-0.2, -0.15) is 5.26 Å². The van der Waals surface area contributed by atoms with Crippen molar-refractivity contribution >= 4 is 17.6 Å². The molecule has 0 spiro atoms. The molecule has 0 bridgehead atoms. The zero-order valence-electron chi connectivity index (χ0n) is 12.4. The molecule has 1 rings (SSSR count). The molecule has 1 aromatic carbocycles. The van der Waals surface area contributed by atoms with Crippen molar-refractivity contribution in [1.29, 1.82) is 5.26 Å². The van der Waals surface area contributed by atoms with E-state index >= 15 is 0 Å².